The topological polar surface area (TPSA) is 37.3 Å². The average Bonchev–Trinajstić information content (AvgIpc) is 2.39. The van der Waals surface area contributed by atoms with E-state index >= 15 is 0 Å². The van der Waals surface area contributed by atoms with E-state index in [1.54, 1.807) is 0 Å². The zero-order valence-corrected chi connectivity index (χ0v) is 6.88. The van der Waals surface area contributed by atoms with Gasteiger partial charge in [0.1, 0.15) is 0 Å². The van der Waals surface area contributed by atoms with E-state index in [1.165, 1.54) is 25.7 Å². The summed E-state index contributed by atoms with van der Waals surface area (Å²) in [6.07, 6.45) is 7.75. The van der Waals surface area contributed by atoms with Gasteiger partial charge in [0, 0.05) is 6.42 Å². The summed E-state index contributed by atoms with van der Waals surface area (Å²) in [5.74, 6) is 0.192. The molecule has 0 aromatic heterocycles. The lowest BCUT2D eigenvalue weighted by molar-refractivity contribution is -0.137. The van der Waals surface area contributed by atoms with Crippen LogP contribution in [0.2, 0.25) is 0 Å². The lowest BCUT2D eigenvalue weighted by atomic mass is 10.0. The highest BCUT2D eigenvalue weighted by Gasteiger charge is 2.14. The molecular formula is C9H16O2. The highest BCUT2D eigenvalue weighted by atomic mass is 16.4. The van der Waals surface area contributed by atoms with Crippen molar-refractivity contribution in [2.45, 2.75) is 44.9 Å². The smallest absolute Gasteiger partial charge is 0.303 e. The summed E-state index contributed by atoms with van der Waals surface area (Å²) in [7, 11) is 0. The molecule has 0 aliphatic heterocycles. The molecule has 0 aromatic carbocycles. The van der Waals surface area contributed by atoms with Crippen LogP contribution >= 0.6 is 0 Å². The van der Waals surface area contributed by atoms with Crippen LogP contribution in [-0.4, -0.2) is 11.1 Å². The lowest BCUT2D eigenvalue weighted by Crippen LogP contribution is -1.98. The maximum absolute atomic E-state index is 10.2. The van der Waals surface area contributed by atoms with Gasteiger partial charge >= 0.3 is 5.97 Å². The van der Waals surface area contributed by atoms with Crippen molar-refractivity contribution in [2.75, 3.05) is 0 Å². The van der Waals surface area contributed by atoms with Gasteiger partial charge in [-0.15, -0.1) is 0 Å². The molecule has 1 rings (SSSR count). The Labute approximate surface area is 67.6 Å². The van der Waals surface area contributed by atoms with Crippen LogP contribution in [0.5, 0.6) is 0 Å². The van der Waals surface area contributed by atoms with Gasteiger partial charge in [-0.25, -0.2) is 0 Å². The maximum Gasteiger partial charge on any atom is 0.303 e. The highest BCUT2D eigenvalue weighted by Crippen LogP contribution is 2.28. The molecule has 11 heavy (non-hydrogen) atoms. The van der Waals surface area contributed by atoms with Gasteiger partial charge in [0.25, 0.3) is 0 Å². The summed E-state index contributed by atoms with van der Waals surface area (Å²) in [6.45, 7) is 0. The third-order valence-electron chi connectivity index (χ3n) is 2.48. The second kappa shape index (κ2) is 4.37. The van der Waals surface area contributed by atoms with Gasteiger partial charge in [0.05, 0.1) is 0 Å². The van der Waals surface area contributed by atoms with Crippen molar-refractivity contribution in [1.82, 2.24) is 0 Å². The normalized spacial score (nSPS) is 18.9. The molecule has 0 amide bonds. The molecule has 2 nitrogen and oxygen atoms in total. The SMILES string of the molecule is O=C(O)CCCC1CCCC1. The number of carboxylic acid groups (broad SMARTS) is 1. The maximum atomic E-state index is 10.2. The first-order valence-corrected chi connectivity index (χ1v) is 4.51. The first-order valence-electron chi connectivity index (χ1n) is 4.51. The van der Waals surface area contributed by atoms with E-state index in [-0.39, 0.29) is 0 Å². The number of carbonyl (C=O) groups is 1. The van der Waals surface area contributed by atoms with Crippen LogP contribution in [0.3, 0.4) is 0 Å². The molecular weight excluding hydrogens is 140 g/mol. The van der Waals surface area contributed by atoms with Gasteiger partial charge < -0.3 is 5.11 Å². The second-order valence-electron chi connectivity index (χ2n) is 3.44. The Hall–Kier alpha value is -0.530. The molecule has 0 radical (unpaired) electrons. The summed E-state index contributed by atoms with van der Waals surface area (Å²) in [6, 6.07) is 0. The van der Waals surface area contributed by atoms with Gasteiger partial charge in [0.15, 0.2) is 0 Å². The number of rotatable bonds is 4. The minimum atomic E-state index is -0.650. The zero-order valence-electron chi connectivity index (χ0n) is 6.88. The predicted molar refractivity (Wildman–Crippen MR) is 43.4 cm³/mol. The van der Waals surface area contributed by atoms with Crippen LogP contribution in [0.15, 0.2) is 0 Å². The molecule has 0 saturated heterocycles. The Bertz CT molecular complexity index is 126. The molecule has 0 bridgehead atoms. The zero-order chi connectivity index (χ0) is 8.10. The number of aliphatic carboxylic acids is 1. The molecule has 0 unspecified atom stereocenters. The van der Waals surface area contributed by atoms with E-state index in [2.05, 4.69) is 0 Å². The molecule has 0 spiro atoms. The summed E-state index contributed by atoms with van der Waals surface area (Å²) < 4.78 is 0. The predicted octanol–water partition coefficient (Wildman–Crippen LogP) is 2.43. The van der Waals surface area contributed by atoms with Crippen LogP contribution in [0.4, 0.5) is 0 Å². The molecule has 0 aromatic rings. The Morgan fingerprint density at radius 3 is 2.55 bits per heavy atom. The molecule has 1 fully saturated rings. The van der Waals surface area contributed by atoms with Crippen LogP contribution < -0.4 is 0 Å². The number of carboxylic acids is 1. The first-order chi connectivity index (χ1) is 5.29. The van der Waals surface area contributed by atoms with Crippen molar-refractivity contribution >= 4 is 5.97 Å². The van der Waals surface area contributed by atoms with Crippen LogP contribution in [-0.2, 0) is 4.79 Å². The third kappa shape index (κ3) is 3.40. The van der Waals surface area contributed by atoms with E-state index in [1.807, 2.05) is 0 Å². The van der Waals surface area contributed by atoms with Crippen molar-refractivity contribution in [2.24, 2.45) is 5.92 Å². The Morgan fingerprint density at radius 1 is 1.36 bits per heavy atom. The van der Waals surface area contributed by atoms with Crippen molar-refractivity contribution in [3.8, 4) is 0 Å². The first kappa shape index (κ1) is 8.57. The molecule has 2 heteroatoms. The second-order valence-corrected chi connectivity index (χ2v) is 3.44. The fraction of sp³-hybridized carbons (Fsp3) is 0.889. The fourth-order valence-electron chi connectivity index (χ4n) is 1.84. The Morgan fingerprint density at radius 2 is 2.00 bits per heavy atom. The van der Waals surface area contributed by atoms with Crippen LogP contribution in [0, 0.1) is 5.92 Å². The van der Waals surface area contributed by atoms with E-state index in [0.29, 0.717) is 6.42 Å². The summed E-state index contributed by atoms with van der Waals surface area (Å²) in [5, 5.41) is 8.39. The van der Waals surface area contributed by atoms with Crippen LogP contribution in [0.1, 0.15) is 44.9 Å². The van der Waals surface area contributed by atoms with Gasteiger partial charge in [-0.3, -0.25) is 4.79 Å². The summed E-state index contributed by atoms with van der Waals surface area (Å²) >= 11 is 0. The summed E-state index contributed by atoms with van der Waals surface area (Å²) in [4.78, 5) is 10.2. The van der Waals surface area contributed by atoms with Gasteiger partial charge in [-0.05, 0) is 18.8 Å². The average molecular weight is 156 g/mol. The van der Waals surface area contributed by atoms with Gasteiger partial charge in [0.2, 0.25) is 0 Å². The van der Waals surface area contributed by atoms with Gasteiger partial charge in [-0.1, -0.05) is 25.7 Å². The Kier molecular flexibility index (Phi) is 3.40. The molecule has 0 atom stereocenters. The fourth-order valence-corrected chi connectivity index (χ4v) is 1.84. The monoisotopic (exact) mass is 156 g/mol. The molecule has 64 valence electrons. The van der Waals surface area contributed by atoms with E-state index in [0.717, 1.165) is 18.8 Å². The molecule has 1 N–H and O–H groups in total. The van der Waals surface area contributed by atoms with E-state index in [9.17, 15) is 4.79 Å². The van der Waals surface area contributed by atoms with Crippen molar-refractivity contribution in [3.05, 3.63) is 0 Å². The molecule has 0 heterocycles. The molecule has 1 saturated carbocycles. The minimum Gasteiger partial charge on any atom is -0.481 e. The highest BCUT2D eigenvalue weighted by molar-refractivity contribution is 5.66. The van der Waals surface area contributed by atoms with E-state index in [4.69, 9.17) is 5.11 Å². The number of hydrogen-bond acceptors (Lipinski definition) is 1. The lowest BCUT2D eigenvalue weighted by Gasteiger charge is -2.05. The van der Waals surface area contributed by atoms with Crippen molar-refractivity contribution in [1.29, 1.82) is 0 Å². The van der Waals surface area contributed by atoms with Gasteiger partial charge in [-0.2, -0.15) is 0 Å². The standard InChI is InChI=1S/C9H16O2/c10-9(11)7-3-6-8-4-1-2-5-8/h8H,1-7H2,(H,10,11). The molecule has 1 aliphatic rings. The summed E-state index contributed by atoms with van der Waals surface area (Å²) in [5.41, 5.74) is 0. The Balaban J connectivity index is 1.98. The molecule has 1 aliphatic carbocycles. The number of hydrogen-bond donors (Lipinski definition) is 1. The largest absolute Gasteiger partial charge is 0.481 e. The van der Waals surface area contributed by atoms with Crippen molar-refractivity contribution in [3.63, 3.8) is 0 Å². The van der Waals surface area contributed by atoms with Crippen LogP contribution in [0.25, 0.3) is 0 Å². The minimum absolute atomic E-state index is 0.358. The quantitative estimate of drug-likeness (QED) is 0.678. The van der Waals surface area contributed by atoms with E-state index < -0.39 is 5.97 Å². The van der Waals surface area contributed by atoms with Crippen molar-refractivity contribution < 1.29 is 9.90 Å². The third-order valence-corrected chi connectivity index (χ3v) is 2.48.